The molecule has 0 aliphatic rings. The standard InChI is InChI=1S/C18H18N2O/c1-21-18-9-8-15-6-2-3-7-16(15)17(18)13-20-12-14-5-4-10-19-11-14/h2-11,20H,12-13H2,1H3. The van der Waals surface area contributed by atoms with Crippen LogP contribution in [-0.2, 0) is 13.1 Å². The first-order chi connectivity index (χ1) is 10.4. The summed E-state index contributed by atoms with van der Waals surface area (Å²) in [4.78, 5) is 4.13. The normalized spacial score (nSPS) is 10.7. The molecule has 1 heterocycles. The second kappa shape index (κ2) is 6.37. The molecule has 1 N–H and O–H groups in total. The molecule has 2 aromatic carbocycles. The van der Waals surface area contributed by atoms with Crippen LogP contribution >= 0.6 is 0 Å². The van der Waals surface area contributed by atoms with E-state index in [2.05, 4.69) is 46.7 Å². The molecule has 0 saturated heterocycles. The van der Waals surface area contributed by atoms with Crippen molar-refractivity contribution >= 4 is 10.8 Å². The zero-order valence-corrected chi connectivity index (χ0v) is 12.0. The van der Waals surface area contributed by atoms with Crippen LogP contribution in [0, 0.1) is 0 Å². The molecule has 0 fully saturated rings. The zero-order chi connectivity index (χ0) is 14.5. The van der Waals surface area contributed by atoms with Crippen molar-refractivity contribution in [2.45, 2.75) is 13.1 Å². The van der Waals surface area contributed by atoms with Crippen LogP contribution in [-0.4, -0.2) is 12.1 Å². The molecule has 0 spiro atoms. The van der Waals surface area contributed by atoms with E-state index in [0.29, 0.717) is 0 Å². The summed E-state index contributed by atoms with van der Waals surface area (Å²) in [5, 5.41) is 5.93. The molecule has 3 nitrogen and oxygen atoms in total. The summed E-state index contributed by atoms with van der Waals surface area (Å²) in [7, 11) is 1.72. The summed E-state index contributed by atoms with van der Waals surface area (Å²) in [6, 6.07) is 16.5. The van der Waals surface area contributed by atoms with Crippen molar-refractivity contribution in [2.24, 2.45) is 0 Å². The minimum Gasteiger partial charge on any atom is -0.496 e. The maximum absolute atomic E-state index is 5.50. The first-order valence-corrected chi connectivity index (χ1v) is 7.03. The van der Waals surface area contributed by atoms with E-state index in [1.807, 2.05) is 18.3 Å². The number of aromatic nitrogens is 1. The molecule has 0 bridgehead atoms. The van der Waals surface area contributed by atoms with Gasteiger partial charge < -0.3 is 10.1 Å². The molecule has 0 aliphatic carbocycles. The first kappa shape index (κ1) is 13.6. The highest BCUT2D eigenvalue weighted by molar-refractivity contribution is 5.87. The molecule has 106 valence electrons. The topological polar surface area (TPSA) is 34.1 Å². The number of hydrogen-bond donors (Lipinski definition) is 1. The number of pyridine rings is 1. The van der Waals surface area contributed by atoms with Crippen molar-refractivity contribution in [1.82, 2.24) is 10.3 Å². The second-order valence-electron chi connectivity index (χ2n) is 4.93. The highest BCUT2D eigenvalue weighted by Gasteiger charge is 2.07. The van der Waals surface area contributed by atoms with Crippen LogP contribution in [0.5, 0.6) is 5.75 Å². The smallest absolute Gasteiger partial charge is 0.123 e. The Morgan fingerprint density at radius 2 is 1.90 bits per heavy atom. The van der Waals surface area contributed by atoms with Crippen LogP contribution in [0.15, 0.2) is 60.9 Å². The number of benzene rings is 2. The van der Waals surface area contributed by atoms with Gasteiger partial charge in [-0.25, -0.2) is 0 Å². The molecule has 0 aliphatic heterocycles. The number of hydrogen-bond acceptors (Lipinski definition) is 3. The molecule has 0 atom stereocenters. The average Bonchev–Trinajstić information content (AvgIpc) is 2.56. The van der Waals surface area contributed by atoms with Crippen molar-refractivity contribution in [3.63, 3.8) is 0 Å². The lowest BCUT2D eigenvalue weighted by molar-refractivity contribution is 0.408. The van der Waals surface area contributed by atoms with Gasteiger partial charge in [-0.1, -0.05) is 36.4 Å². The Morgan fingerprint density at radius 1 is 1.00 bits per heavy atom. The van der Waals surface area contributed by atoms with E-state index in [9.17, 15) is 0 Å². The summed E-state index contributed by atoms with van der Waals surface area (Å²) in [6.07, 6.45) is 3.67. The van der Waals surface area contributed by atoms with Gasteiger partial charge >= 0.3 is 0 Å². The monoisotopic (exact) mass is 278 g/mol. The molecule has 3 heteroatoms. The van der Waals surface area contributed by atoms with Crippen molar-refractivity contribution in [2.75, 3.05) is 7.11 Å². The van der Waals surface area contributed by atoms with Crippen molar-refractivity contribution < 1.29 is 4.74 Å². The van der Waals surface area contributed by atoms with Gasteiger partial charge in [0.1, 0.15) is 5.75 Å². The Balaban J connectivity index is 1.82. The minimum atomic E-state index is 0.763. The van der Waals surface area contributed by atoms with E-state index < -0.39 is 0 Å². The molecule has 0 unspecified atom stereocenters. The van der Waals surface area contributed by atoms with Crippen LogP contribution in [0.2, 0.25) is 0 Å². The van der Waals surface area contributed by atoms with Gasteiger partial charge in [-0.05, 0) is 28.5 Å². The summed E-state index contributed by atoms with van der Waals surface area (Å²) in [6.45, 7) is 1.56. The van der Waals surface area contributed by atoms with Crippen molar-refractivity contribution in [1.29, 1.82) is 0 Å². The Hall–Kier alpha value is -2.39. The number of methoxy groups -OCH3 is 1. The highest BCUT2D eigenvalue weighted by Crippen LogP contribution is 2.27. The molecular formula is C18H18N2O. The third-order valence-corrected chi connectivity index (χ3v) is 3.57. The summed E-state index contributed by atoms with van der Waals surface area (Å²) in [5.41, 5.74) is 2.37. The largest absolute Gasteiger partial charge is 0.496 e. The lowest BCUT2D eigenvalue weighted by atomic mass is 10.0. The van der Waals surface area contributed by atoms with Crippen molar-refractivity contribution in [3.8, 4) is 5.75 Å². The predicted octanol–water partition coefficient (Wildman–Crippen LogP) is 3.53. The van der Waals surface area contributed by atoms with Gasteiger partial charge in [0.05, 0.1) is 7.11 Å². The maximum Gasteiger partial charge on any atom is 0.123 e. The highest BCUT2D eigenvalue weighted by atomic mass is 16.5. The number of ether oxygens (including phenoxy) is 1. The molecule has 0 radical (unpaired) electrons. The minimum absolute atomic E-state index is 0.763. The molecule has 0 saturated carbocycles. The van der Waals surface area contributed by atoms with Crippen molar-refractivity contribution in [3.05, 3.63) is 72.1 Å². The lowest BCUT2D eigenvalue weighted by Gasteiger charge is -2.13. The SMILES string of the molecule is COc1ccc2ccccc2c1CNCc1cccnc1. The van der Waals surface area contributed by atoms with Gasteiger partial charge in [0, 0.05) is 31.0 Å². The fourth-order valence-corrected chi connectivity index (χ4v) is 2.52. The zero-order valence-electron chi connectivity index (χ0n) is 12.0. The van der Waals surface area contributed by atoms with E-state index in [1.54, 1.807) is 13.3 Å². The maximum atomic E-state index is 5.50. The van der Waals surface area contributed by atoms with E-state index in [1.165, 1.54) is 21.9 Å². The predicted molar refractivity (Wildman–Crippen MR) is 85.3 cm³/mol. The number of nitrogens with one attached hydrogen (secondary N) is 1. The van der Waals surface area contributed by atoms with Gasteiger partial charge in [-0.15, -0.1) is 0 Å². The quantitative estimate of drug-likeness (QED) is 0.775. The lowest BCUT2D eigenvalue weighted by Crippen LogP contribution is -2.13. The van der Waals surface area contributed by atoms with Gasteiger partial charge in [0.25, 0.3) is 0 Å². The molecule has 0 amide bonds. The van der Waals surface area contributed by atoms with E-state index in [0.717, 1.165) is 18.8 Å². The van der Waals surface area contributed by atoms with Gasteiger partial charge in [0.2, 0.25) is 0 Å². The van der Waals surface area contributed by atoms with Gasteiger partial charge in [-0.2, -0.15) is 0 Å². The van der Waals surface area contributed by atoms with Gasteiger partial charge in [0.15, 0.2) is 0 Å². The fraction of sp³-hybridized carbons (Fsp3) is 0.167. The van der Waals surface area contributed by atoms with E-state index >= 15 is 0 Å². The third-order valence-electron chi connectivity index (χ3n) is 3.57. The number of rotatable bonds is 5. The summed E-state index contributed by atoms with van der Waals surface area (Å²) >= 11 is 0. The van der Waals surface area contributed by atoms with Crippen LogP contribution in [0.1, 0.15) is 11.1 Å². The Morgan fingerprint density at radius 3 is 2.71 bits per heavy atom. The Bertz CT molecular complexity index is 726. The fourth-order valence-electron chi connectivity index (χ4n) is 2.52. The molecule has 3 rings (SSSR count). The first-order valence-electron chi connectivity index (χ1n) is 7.03. The molecule has 1 aromatic heterocycles. The van der Waals surface area contributed by atoms with Crippen LogP contribution < -0.4 is 10.1 Å². The molecular weight excluding hydrogens is 260 g/mol. The molecule has 21 heavy (non-hydrogen) atoms. The Labute approximate surface area is 124 Å². The number of nitrogens with zero attached hydrogens (tertiary/aromatic N) is 1. The van der Waals surface area contributed by atoms with E-state index in [4.69, 9.17) is 4.74 Å². The number of fused-ring (bicyclic) bond motifs is 1. The average molecular weight is 278 g/mol. The van der Waals surface area contributed by atoms with Crippen LogP contribution in [0.25, 0.3) is 10.8 Å². The van der Waals surface area contributed by atoms with E-state index in [-0.39, 0.29) is 0 Å². The van der Waals surface area contributed by atoms with Crippen LogP contribution in [0.4, 0.5) is 0 Å². The second-order valence-corrected chi connectivity index (χ2v) is 4.93. The van der Waals surface area contributed by atoms with Crippen LogP contribution in [0.3, 0.4) is 0 Å². The summed E-state index contributed by atoms with van der Waals surface area (Å²) < 4.78 is 5.50. The van der Waals surface area contributed by atoms with Gasteiger partial charge in [-0.3, -0.25) is 4.98 Å². The Kier molecular flexibility index (Phi) is 4.12. The summed E-state index contributed by atoms with van der Waals surface area (Å²) in [5.74, 6) is 0.924. The molecule has 3 aromatic rings. The third kappa shape index (κ3) is 3.03.